The van der Waals surface area contributed by atoms with Gasteiger partial charge in [0.1, 0.15) is 0 Å². The summed E-state index contributed by atoms with van der Waals surface area (Å²) in [7, 11) is 0. The van der Waals surface area contributed by atoms with Crippen LogP contribution >= 0.6 is 0 Å². The molecule has 2 aromatic rings. The average Bonchev–Trinajstić information content (AvgIpc) is 2.48. The van der Waals surface area contributed by atoms with Crippen LogP contribution in [0.1, 0.15) is 30.6 Å². The summed E-state index contributed by atoms with van der Waals surface area (Å²) in [5.41, 5.74) is 2.80. The van der Waals surface area contributed by atoms with E-state index in [0.29, 0.717) is 5.56 Å². The van der Waals surface area contributed by atoms with Crippen molar-refractivity contribution in [2.75, 3.05) is 0 Å². The Balaban J connectivity index is 2.13. The molecule has 0 radical (unpaired) electrons. The lowest BCUT2D eigenvalue weighted by molar-refractivity contribution is 0.0939. The molecule has 0 saturated carbocycles. The zero-order chi connectivity index (χ0) is 13.7. The largest absolute Gasteiger partial charge is 0.350 e. The van der Waals surface area contributed by atoms with Crippen LogP contribution in [0.2, 0.25) is 0 Å². The van der Waals surface area contributed by atoms with Gasteiger partial charge in [-0.15, -0.1) is 0 Å². The van der Waals surface area contributed by atoms with E-state index in [4.69, 9.17) is 0 Å². The molecule has 19 heavy (non-hydrogen) atoms. The first-order valence-corrected chi connectivity index (χ1v) is 6.52. The summed E-state index contributed by atoms with van der Waals surface area (Å²) in [6.07, 6.45) is 4.49. The highest BCUT2D eigenvalue weighted by Crippen LogP contribution is 2.18. The van der Waals surface area contributed by atoms with E-state index in [1.165, 1.54) is 0 Å². The highest BCUT2D eigenvalue weighted by Gasteiger charge is 2.08. The van der Waals surface area contributed by atoms with E-state index in [-0.39, 0.29) is 11.9 Å². The van der Waals surface area contributed by atoms with E-state index >= 15 is 0 Å². The number of hydrogen-bond donors (Lipinski definition) is 1. The Hall–Kier alpha value is -2.16. The van der Waals surface area contributed by atoms with E-state index < -0.39 is 0 Å². The number of benzene rings is 1. The summed E-state index contributed by atoms with van der Waals surface area (Å²) in [4.78, 5) is 16.0. The van der Waals surface area contributed by atoms with Crippen molar-refractivity contribution in [1.29, 1.82) is 0 Å². The number of carbonyl (C=O) groups is 1. The summed E-state index contributed by atoms with van der Waals surface area (Å²) in [5, 5.41) is 2.95. The van der Waals surface area contributed by atoms with Gasteiger partial charge in [-0.1, -0.05) is 25.1 Å². The topological polar surface area (TPSA) is 42.0 Å². The van der Waals surface area contributed by atoms with Crippen LogP contribution in [0.3, 0.4) is 0 Å². The van der Waals surface area contributed by atoms with Crippen molar-refractivity contribution in [1.82, 2.24) is 10.3 Å². The average molecular weight is 254 g/mol. The second-order valence-corrected chi connectivity index (χ2v) is 4.60. The molecule has 0 fully saturated rings. The summed E-state index contributed by atoms with van der Waals surface area (Å²) in [6.45, 7) is 4.05. The lowest BCUT2D eigenvalue weighted by atomic mass is 10.1. The first kappa shape index (κ1) is 13.3. The molecule has 1 aromatic heterocycles. The summed E-state index contributed by atoms with van der Waals surface area (Å²) < 4.78 is 0. The van der Waals surface area contributed by atoms with Gasteiger partial charge in [-0.25, -0.2) is 0 Å². The van der Waals surface area contributed by atoms with Gasteiger partial charge in [-0.05, 0) is 42.7 Å². The van der Waals surface area contributed by atoms with Crippen LogP contribution in [0.15, 0.2) is 48.8 Å². The predicted molar refractivity (Wildman–Crippen MR) is 76.9 cm³/mol. The molecule has 1 aromatic carbocycles. The molecule has 0 spiro atoms. The van der Waals surface area contributed by atoms with Gasteiger partial charge in [-0.2, -0.15) is 0 Å². The number of carbonyl (C=O) groups excluding carboxylic acids is 1. The summed E-state index contributed by atoms with van der Waals surface area (Å²) in [5.74, 6) is -0.0212. The van der Waals surface area contributed by atoms with Crippen LogP contribution in [-0.2, 0) is 0 Å². The van der Waals surface area contributed by atoms with Gasteiger partial charge < -0.3 is 5.32 Å². The van der Waals surface area contributed by atoms with Crippen LogP contribution < -0.4 is 5.32 Å². The van der Waals surface area contributed by atoms with Crippen LogP contribution in [0, 0.1) is 0 Å². The lowest BCUT2D eigenvalue weighted by Crippen LogP contribution is -2.31. The Labute approximate surface area is 113 Å². The molecule has 1 atom stereocenters. The summed E-state index contributed by atoms with van der Waals surface area (Å²) >= 11 is 0. The number of nitrogens with zero attached hydrogens (tertiary/aromatic N) is 1. The van der Waals surface area contributed by atoms with E-state index in [0.717, 1.165) is 17.5 Å². The Bertz CT molecular complexity index is 534. The maximum absolute atomic E-state index is 11.9. The van der Waals surface area contributed by atoms with E-state index in [9.17, 15) is 4.79 Å². The van der Waals surface area contributed by atoms with Crippen LogP contribution in [0.25, 0.3) is 11.1 Å². The van der Waals surface area contributed by atoms with Crippen molar-refractivity contribution in [3.8, 4) is 11.1 Å². The third kappa shape index (κ3) is 3.41. The molecule has 3 heteroatoms. The number of nitrogens with one attached hydrogen (secondary N) is 1. The molecule has 1 amide bonds. The molecule has 0 aliphatic carbocycles. The van der Waals surface area contributed by atoms with Gasteiger partial charge in [0.05, 0.1) is 0 Å². The maximum atomic E-state index is 11.9. The molecule has 0 aliphatic rings. The fraction of sp³-hybridized carbons (Fsp3) is 0.250. The zero-order valence-corrected chi connectivity index (χ0v) is 11.3. The van der Waals surface area contributed by atoms with Crippen molar-refractivity contribution < 1.29 is 4.79 Å². The second kappa shape index (κ2) is 6.14. The fourth-order valence-electron chi connectivity index (χ4n) is 1.76. The Kier molecular flexibility index (Phi) is 4.29. The van der Waals surface area contributed by atoms with Crippen LogP contribution in [0.4, 0.5) is 0 Å². The molecular weight excluding hydrogens is 236 g/mol. The minimum absolute atomic E-state index is 0.0212. The standard InChI is InChI=1S/C16H18N2O/c1-3-12(2)18-16(19)14-8-6-13(7-9-14)15-5-4-10-17-11-15/h4-12H,3H2,1-2H3,(H,18,19). The molecule has 98 valence electrons. The normalized spacial score (nSPS) is 11.9. The smallest absolute Gasteiger partial charge is 0.251 e. The molecular formula is C16H18N2O. The Morgan fingerprint density at radius 1 is 1.21 bits per heavy atom. The van der Waals surface area contributed by atoms with Gasteiger partial charge in [0.25, 0.3) is 5.91 Å². The molecule has 1 heterocycles. The minimum Gasteiger partial charge on any atom is -0.350 e. The first-order valence-electron chi connectivity index (χ1n) is 6.52. The number of pyridine rings is 1. The molecule has 3 nitrogen and oxygen atoms in total. The number of rotatable bonds is 4. The molecule has 0 aliphatic heterocycles. The lowest BCUT2D eigenvalue weighted by Gasteiger charge is -2.11. The molecule has 0 bridgehead atoms. The highest BCUT2D eigenvalue weighted by molar-refractivity contribution is 5.94. The number of aromatic nitrogens is 1. The van der Waals surface area contributed by atoms with Gasteiger partial charge in [-0.3, -0.25) is 9.78 Å². The fourth-order valence-corrected chi connectivity index (χ4v) is 1.76. The predicted octanol–water partition coefficient (Wildman–Crippen LogP) is 3.28. The van der Waals surface area contributed by atoms with Gasteiger partial charge in [0.2, 0.25) is 0 Å². The minimum atomic E-state index is -0.0212. The number of hydrogen-bond acceptors (Lipinski definition) is 2. The van der Waals surface area contributed by atoms with Gasteiger partial charge in [0, 0.05) is 24.0 Å². The molecule has 2 rings (SSSR count). The van der Waals surface area contributed by atoms with E-state index in [1.807, 2.05) is 49.5 Å². The monoisotopic (exact) mass is 254 g/mol. The maximum Gasteiger partial charge on any atom is 0.251 e. The molecule has 1 unspecified atom stereocenters. The molecule has 1 N–H and O–H groups in total. The molecule has 0 saturated heterocycles. The highest BCUT2D eigenvalue weighted by atomic mass is 16.1. The van der Waals surface area contributed by atoms with Crippen molar-refractivity contribution in [2.45, 2.75) is 26.3 Å². The van der Waals surface area contributed by atoms with Crippen molar-refractivity contribution in [3.05, 3.63) is 54.4 Å². The SMILES string of the molecule is CCC(C)NC(=O)c1ccc(-c2cccnc2)cc1. The quantitative estimate of drug-likeness (QED) is 0.909. The van der Waals surface area contributed by atoms with Gasteiger partial charge in [0.15, 0.2) is 0 Å². The zero-order valence-electron chi connectivity index (χ0n) is 11.3. The van der Waals surface area contributed by atoms with Crippen molar-refractivity contribution >= 4 is 5.91 Å². The Morgan fingerprint density at radius 2 is 1.95 bits per heavy atom. The second-order valence-electron chi connectivity index (χ2n) is 4.60. The van der Waals surface area contributed by atoms with Crippen molar-refractivity contribution in [3.63, 3.8) is 0 Å². The van der Waals surface area contributed by atoms with Crippen LogP contribution in [-0.4, -0.2) is 16.9 Å². The third-order valence-corrected chi connectivity index (χ3v) is 3.13. The van der Waals surface area contributed by atoms with Crippen molar-refractivity contribution in [2.24, 2.45) is 0 Å². The van der Waals surface area contributed by atoms with E-state index in [2.05, 4.69) is 17.2 Å². The Morgan fingerprint density at radius 3 is 2.53 bits per heavy atom. The van der Waals surface area contributed by atoms with Gasteiger partial charge >= 0.3 is 0 Å². The van der Waals surface area contributed by atoms with E-state index in [1.54, 1.807) is 6.20 Å². The number of amides is 1. The van der Waals surface area contributed by atoms with Crippen LogP contribution in [0.5, 0.6) is 0 Å². The first-order chi connectivity index (χ1) is 9.20. The third-order valence-electron chi connectivity index (χ3n) is 3.13. The summed E-state index contributed by atoms with van der Waals surface area (Å²) in [6, 6.07) is 11.7.